The average Bonchev–Trinajstić information content (AvgIpc) is 2.72. The van der Waals surface area contributed by atoms with Crippen LogP contribution in [0.25, 0.3) is 5.52 Å². The van der Waals surface area contributed by atoms with Gasteiger partial charge in [0.1, 0.15) is 0 Å². The molecule has 1 aliphatic rings. The predicted octanol–water partition coefficient (Wildman–Crippen LogP) is 1.54. The Morgan fingerprint density at radius 1 is 1.48 bits per heavy atom. The summed E-state index contributed by atoms with van der Waals surface area (Å²) in [4.78, 5) is 11.1. The van der Waals surface area contributed by atoms with Crippen molar-refractivity contribution in [3.05, 3.63) is 41.0 Å². The van der Waals surface area contributed by atoms with Gasteiger partial charge in [-0.05, 0) is 36.1 Å². The Hall–Kier alpha value is -1.93. The molecular formula is C15H16FNO5S. The second kappa shape index (κ2) is 5.61. The summed E-state index contributed by atoms with van der Waals surface area (Å²) < 4.78 is 43.3. The normalized spacial score (nSPS) is 18.1. The summed E-state index contributed by atoms with van der Waals surface area (Å²) in [6.45, 7) is 0. The fourth-order valence-corrected chi connectivity index (χ4v) is 3.93. The molecule has 6 nitrogen and oxygen atoms in total. The molecule has 1 unspecified atom stereocenters. The molecule has 0 bridgehead atoms. The van der Waals surface area contributed by atoms with Gasteiger partial charge in [-0.3, -0.25) is 13.4 Å². The van der Waals surface area contributed by atoms with Gasteiger partial charge in [0.25, 0.3) is 10.1 Å². The highest BCUT2D eigenvalue weighted by Crippen LogP contribution is 2.33. The Kier molecular flexibility index (Phi) is 3.89. The molecule has 2 aromatic rings. The van der Waals surface area contributed by atoms with Crippen molar-refractivity contribution in [2.45, 2.75) is 31.8 Å². The average molecular weight is 341 g/mol. The minimum Gasteiger partial charge on any atom is -0.481 e. The van der Waals surface area contributed by atoms with Crippen LogP contribution in [0.4, 0.5) is 4.39 Å². The van der Waals surface area contributed by atoms with Crippen molar-refractivity contribution in [1.29, 1.82) is 0 Å². The molecule has 0 saturated heterocycles. The van der Waals surface area contributed by atoms with Crippen molar-refractivity contribution < 1.29 is 26.9 Å². The summed E-state index contributed by atoms with van der Waals surface area (Å²) >= 11 is 0. The third-order valence-corrected chi connectivity index (χ3v) is 4.63. The molecule has 0 radical (unpaired) electrons. The summed E-state index contributed by atoms with van der Waals surface area (Å²) in [6, 6.07) is 4.50. The highest BCUT2D eigenvalue weighted by Gasteiger charge is 2.29. The molecule has 8 heteroatoms. The lowest BCUT2D eigenvalue weighted by Crippen LogP contribution is -2.26. The predicted molar refractivity (Wildman–Crippen MR) is 80.4 cm³/mol. The number of hydrogen-bond acceptors (Lipinski definition) is 4. The van der Waals surface area contributed by atoms with Crippen LogP contribution in [0.15, 0.2) is 18.2 Å². The van der Waals surface area contributed by atoms with Gasteiger partial charge in [-0.15, -0.1) is 0 Å². The van der Waals surface area contributed by atoms with Crippen LogP contribution in [-0.4, -0.2) is 36.3 Å². The molecule has 0 amide bonds. The van der Waals surface area contributed by atoms with E-state index in [1.54, 1.807) is 6.07 Å². The fraction of sp³-hybridized carbons (Fsp3) is 0.400. The molecule has 2 aromatic heterocycles. The molecule has 2 heterocycles. The second-order valence-electron chi connectivity index (χ2n) is 5.71. The van der Waals surface area contributed by atoms with Gasteiger partial charge in [0.15, 0.2) is 5.95 Å². The number of nitrogens with zero attached hydrogens (tertiary/aromatic N) is 1. The van der Waals surface area contributed by atoms with E-state index in [1.165, 1.54) is 16.5 Å². The number of aromatic nitrogens is 1. The van der Waals surface area contributed by atoms with Gasteiger partial charge in [-0.2, -0.15) is 12.8 Å². The standard InChI is InChI=1S/C15H16FNO5S/c1-23(20,21)22-9-5-6-10-11(8-15(18)19)12-3-2-4-14(16)17(12)13(10)7-9/h2-4,9H,5-8H2,1H3,(H,18,19). The molecule has 1 atom stereocenters. The Labute approximate surface area is 132 Å². The highest BCUT2D eigenvalue weighted by atomic mass is 32.2. The molecule has 1 N–H and O–H groups in total. The van der Waals surface area contributed by atoms with Crippen molar-refractivity contribution in [2.75, 3.05) is 6.26 Å². The Balaban J connectivity index is 2.12. The van der Waals surface area contributed by atoms with E-state index in [2.05, 4.69) is 0 Å². The zero-order valence-corrected chi connectivity index (χ0v) is 13.3. The van der Waals surface area contributed by atoms with E-state index in [0.29, 0.717) is 29.6 Å². The Morgan fingerprint density at radius 3 is 2.87 bits per heavy atom. The summed E-state index contributed by atoms with van der Waals surface area (Å²) in [5.74, 6) is -1.49. The van der Waals surface area contributed by atoms with Crippen LogP contribution in [0.1, 0.15) is 23.2 Å². The number of hydrogen-bond donors (Lipinski definition) is 1. The van der Waals surface area contributed by atoms with Crippen molar-refractivity contribution >= 4 is 21.6 Å². The molecule has 0 spiro atoms. The molecule has 23 heavy (non-hydrogen) atoms. The summed E-state index contributed by atoms with van der Waals surface area (Å²) in [5.41, 5.74) is 2.47. The lowest BCUT2D eigenvalue weighted by atomic mass is 9.92. The van der Waals surface area contributed by atoms with Crippen LogP contribution in [0.2, 0.25) is 0 Å². The number of carbonyl (C=O) groups is 1. The van der Waals surface area contributed by atoms with Crippen molar-refractivity contribution in [1.82, 2.24) is 4.40 Å². The van der Waals surface area contributed by atoms with Crippen LogP contribution < -0.4 is 0 Å². The number of rotatable bonds is 4. The molecule has 3 rings (SSSR count). The van der Waals surface area contributed by atoms with Gasteiger partial charge in [-0.1, -0.05) is 6.07 Å². The van der Waals surface area contributed by atoms with Gasteiger partial charge >= 0.3 is 5.97 Å². The van der Waals surface area contributed by atoms with Gasteiger partial charge in [0, 0.05) is 12.1 Å². The van der Waals surface area contributed by atoms with Crippen LogP contribution >= 0.6 is 0 Å². The van der Waals surface area contributed by atoms with E-state index >= 15 is 0 Å². The van der Waals surface area contributed by atoms with Crippen molar-refractivity contribution in [3.8, 4) is 0 Å². The smallest absolute Gasteiger partial charge is 0.307 e. The highest BCUT2D eigenvalue weighted by molar-refractivity contribution is 7.86. The third-order valence-electron chi connectivity index (χ3n) is 4.01. The van der Waals surface area contributed by atoms with Crippen molar-refractivity contribution in [2.24, 2.45) is 0 Å². The van der Waals surface area contributed by atoms with Crippen LogP contribution in [0.5, 0.6) is 0 Å². The van der Waals surface area contributed by atoms with E-state index in [9.17, 15) is 17.6 Å². The van der Waals surface area contributed by atoms with Crippen LogP contribution in [-0.2, 0) is 38.4 Å². The molecule has 0 fully saturated rings. The van der Waals surface area contributed by atoms with E-state index in [0.717, 1.165) is 11.8 Å². The first-order chi connectivity index (χ1) is 10.8. The van der Waals surface area contributed by atoms with Gasteiger partial charge < -0.3 is 5.11 Å². The molecule has 1 aliphatic carbocycles. The topological polar surface area (TPSA) is 85.1 Å². The molecule has 124 valence electrons. The van der Waals surface area contributed by atoms with Crippen molar-refractivity contribution in [3.63, 3.8) is 0 Å². The van der Waals surface area contributed by atoms with E-state index in [4.69, 9.17) is 9.29 Å². The third kappa shape index (κ3) is 3.09. The van der Waals surface area contributed by atoms with E-state index < -0.39 is 28.1 Å². The quantitative estimate of drug-likeness (QED) is 0.673. The summed E-state index contributed by atoms with van der Waals surface area (Å²) in [5, 5.41) is 9.11. The van der Waals surface area contributed by atoms with Gasteiger partial charge in [0.05, 0.1) is 24.3 Å². The lowest BCUT2D eigenvalue weighted by Gasteiger charge is -2.22. The first-order valence-electron chi connectivity index (χ1n) is 7.16. The maximum atomic E-state index is 14.2. The maximum absolute atomic E-state index is 14.2. The van der Waals surface area contributed by atoms with Gasteiger partial charge in [0.2, 0.25) is 0 Å². The van der Waals surface area contributed by atoms with Gasteiger partial charge in [-0.25, -0.2) is 0 Å². The van der Waals surface area contributed by atoms with E-state index in [1.807, 2.05) is 0 Å². The summed E-state index contributed by atoms with van der Waals surface area (Å²) in [7, 11) is -3.60. The number of aliphatic carboxylic acids is 1. The SMILES string of the molecule is CS(=O)(=O)OC1CCc2c(CC(=O)O)c3cccc(F)n3c2C1. The molecule has 0 aliphatic heterocycles. The molecular weight excluding hydrogens is 325 g/mol. The monoisotopic (exact) mass is 341 g/mol. The summed E-state index contributed by atoms with van der Waals surface area (Å²) in [6.07, 6.45) is 1.36. The number of halogens is 1. The largest absolute Gasteiger partial charge is 0.481 e. The zero-order chi connectivity index (χ0) is 16.8. The van der Waals surface area contributed by atoms with E-state index in [-0.39, 0.29) is 12.8 Å². The first-order valence-corrected chi connectivity index (χ1v) is 8.97. The number of pyridine rings is 1. The fourth-order valence-electron chi connectivity index (χ4n) is 3.27. The Morgan fingerprint density at radius 2 is 2.22 bits per heavy atom. The maximum Gasteiger partial charge on any atom is 0.307 e. The zero-order valence-electron chi connectivity index (χ0n) is 12.5. The Bertz CT molecular complexity index is 887. The minimum absolute atomic E-state index is 0.195. The minimum atomic E-state index is -3.60. The first kappa shape index (κ1) is 15.9. The molecule has 0 saturated carbocycles. The number of carboxylic acid groups (broad SMARTS) is 1. The van der Waals surface area contributed by atoms with Crippen LogP contribution in [0, 0.1) is 5.95 Å². The molecule has 0 aromatic carbocycles. The number of fused-ring (bicyclic) bond motifs is 3. The van der Waals surface area contributed by atoms with Crippen LogP contribution in [0.3, 0.4) is 0 Å². The lowest BCUT2D eigenvalue weighted by molar-refractivity contribution is -0.136. The number of carboxylic acids is 1. The second-order valence-corrected chi connectivity index (χ2v) is 7.31.